The van der Waals surface area contributed by atoms with Crippen LogP contribution in [0.3, 0.4) is 0 Å². The van der Waals surface area contributed by atoms with Crippen LogP contribution in [0.25, 0.3) is 0 Å². The first-order valence-corrected chi connectivity index (χ1v) is 8.29. The second-order valence-electron chi connectivity index (χ2n) is 6.09. The van der Waals surface area contributed by atoms with Crippen molar-refractivity contribution in [3.05, 3.63) is 83.1 Å². The smallest absolute Gasteiger partial charge is 0.224 e. The lowest BCUT2D eigenvalue weighted by atomic mass is 9.95. The van der Waals surface area contributed by atoms with Gasteiger partial charge in [-0.05, 0) is 18.1 Å². The van der Waals surface area contributed by atoms with Gasteiger partial charge in [-0.3, -0.25) is 4.79 Å². The molecule has 0 fully saturated rings. The lowest BCUT2D eigenvalue weighted by Crippen LogP contribution is -2.25. The van der Waals surface area contributed by atoms with E-state index in [9.17, 15) is 4.79 Å². The molecule has 3 rings (SSSR count). The Morgan fingerprint density at radius 3 is 2.56 bits per heavy atom. The maximum absolute atomic E-state index is 12.5. The molecule has 1 N–H and O–H groups in total. The number of carbonyl (C=O) groups excluding carboxylic acids is 1. The van der Waals surface area contributed by atoms with Crippen LogP contribution < -0.4 is 5.32 Å². The van der Waals surface area contributed by atoms with Crippen LogP contribution in [0.4, 0.5) is 0 Å². The average Bonchev–Trinajstić information content (AvgIpc) is 3.05. The molecular weight excluding hydrogens is 314 g/mol. The lowest BCUT2D eigenvalue weighted by Gasteiger charge is -2.14. The van der Waals surface area contributed by atoms with Gasteiger partial charge in [0, 0.05) is 19.9 Å². The minimum atomic E-state index is -0.250. The summed E-state index contributed by atoms with van der Waals surface area (Å²) in [6.07, 6.45) is 0.261. The van der Waals surface area contributed by atoms with Gasteiger partial charge in [0.1, 0.15) is 0 Å². The fraction of sp³-hybridized carbons (Fsp3) is 0.250. The van der Waals surface area contributed by atoms with Crippen molar-refractivity contribution in [1.82, 2.24) is 15.5 Å². The first-order valence-electron chi connectivity index (χ1n) is 8.29. The number of aromatic nitrogens is 2. The molecule has 0 spiro atoms. The van der Waals surface area contributed by atoms with Gasteiger partial charge < -0.3 is 9.73 Å². The third-order valence-electron chi connectivity index (χ3n) is 4.00. The molecule has 3 aromatic rings. The molecule has 0 aliphatic carbocycles. The SMILES string of the molecule is Cc1cccc(CNC(=O)CC(c2ccccc2)c2nnc(C)o2)c1. The fourth-order valence-electron chi connectivity index (χ4n) is 2.77. The van der Waals surface area contributed by atoms with Crippen molar-refractivity contribution >= 4 is 5.91 Å². The highest BCUT2D eigenvalue weighted by Crippen LogP contribution is 2.26. The van der Waals surface area contributed by atoms with Crippen LogP contribution in [0, 0.1) is 13.8 Å². The highest BCUT2D eigenvalue weighted by molar-refractivity contribution is 5.77. The van der Waals surface area contributed by atoms with Crippen LogP contribution in [0.15, 0.2) is 59.0 Å². The van der Waals surface area contributed by atoms with E-state index in [0.717, 1.165) is 11.1 Å². The van der Waals surface area contributed by atoms with Crippen molar-refractivity contribution in [3.8, 4) is 0 Å². The summed E-state index contributed by atoms with van der Waals surface area (Å²) in [5, 5.41) is 11.0. The van der Waals surface area contributed by atoms with Gasteiger partial charge in [0.15, 0.2) is 0 Å². The van der Waals surface area contributed by atoms with Crippen LogP contribution in [0.2, 0.25) is 0 Å². The van der Waals surface area contributed by atoms with Gasteiger partial charge in [0.05, 0.1) is 5.92 Å². The van der Waals surface area contributed by atoms with Gasteiger partial charge in [-0.15, -0.1) is 10.2 Å². The molecule has 1 unspecified atom stereocenters. The van der Waals surface area contributed by atoms with Crippen molar-refractivity contribution in [1.29, 1.82) is 0 Å². The molecule has 0 bridgehead atoms. The van der Waals surface area contributed by atoms with Gasteiger partial charge >= 0.3 is 0 Å². The van der Waals surface area contributed by atoms with Gasteiger partial charge in [-0.1, -0.05) is 60.2 Å². The van der Waals surface area contributed by atoms with E-state index in [0.29, 0.717) is 18.3 Å². The zero-order valence-corrected chi connectivity index (χ0v) is 14.4. The summed E-state index contributed by atoms with van der Waals surface area (Å²) in [7, 11) is 0. The molecule has 0 aliphatic heterocycles. The number of hydrogen-bond acceptors (Lipinski definition) is 4. The topological polar surface area (TPSA) is 68.0 Å². The van der Waals surface area contributed by atoms with E-state index in [-0.39, 0.29) is 18.2 Å². The lowest BCUT2D eigenvalue weighted by molar-refractivity contribution is -0.121. The molecule has 2 aromatic carbocycles. The van der Waals surface area contributed by atoms with E-state index in [1.54, 1.807) is 6.92 Å². The van der Waals surface area contributed by atoms with E-state index in [2.05, 4.69) is 21.6 Å². The predicted octanol–water partition coefficient (Wildman–Crippen LogP) is 3.52. The summed E-state index contributed by atoms with van der Waals surface area (Å²) < 4.78 is 5.58. The van der Waals surface area contributed by atoms with E-state index in [4.69, 9.17) is 4.42 Å². The van der Waals surface area contributed by atoms with Gasteiger partial charge in [0.25, 0.3) is 0 Å². The van der Waals surface area contributed by atoms with Crippen molar-refractivity contribution < 1.29 is 9.21 Å². The number of nitrogens with zero attached hydrogens (tertiary/aromatic N) is 2. The third kappa shape index (κ3) is 4.53. The molecule has 0 radical (unpaired) electrons. The Bertz CT molecular complexity index is 843. The number of aryl methyl sites for hydroxylation is 2. The van der Waals surface area contributed by atoms with Crippen molar-refractivity contribution in [2.24, 2.45) is 0 Å². The molecule has 1 aromatic heterocycles. The third-order valence-corrected chi connectivity index (χ3v) is 4.00. The molecular formula is C20H21N3O2. The summed E-state index contributed by atoms with van der Waals surface area (Å²) in [5.41, 5.74) is 3.24. The van der Waals surface area contributed by atoms with E-state index < -0.39 is 0 Å². The van der Waals surface area contributed by atoms with Crippen LogP contribution in [0.5, 0.6) is 0 Å². The predicted molar refractivity (Wildman–Crippen MR) is 95.0 cm³/mol. The van der Waals surface area contributed by atoms with Crippen LogP contribution in [-0.2, 0) is 11.3 Å². The monoisotopic (exact) mass is 335 g/mol. The molecule has 1 heterocycles. The van der Waals surface area contributed by atoms with Gasteiger partial charge in [-0.25, -0.2) is 0 Å². The second kappa shape index (κ2) is 7.75. The van der Waals surface area contributed by atoms with Crippen LogP contribution in [0.1, 0.15) is 40.8 Å². The van der Waals surface area contributed by atoms with Crippen molar-refractivity contribution in [2.45, 2.75) is 32.7 Å². The van der Waals surface area contributed by atoms with E-state index >= 15 is 0 Å². The summed E-state index contributed by atoms with van der Waals surface area (Å²) in [5.74, 6) is 0.664. The zero-order chi connectivity index (χ0) is 17.6. The largest absolute Gasteiger partial charge is 0.425 e. The van der Waals surface area contributed by atoms with E-state index in [1.165, 1.54) is 5.56 Å². The number of hydrogen-bond donors (Lipinski definition) is 1. The standard InChI is InChI=1S/C20H21N3O2/c1-14-7-6-8-16(11-14)13-21-19(24)12-18(17-9-4-3-5-10-17)20-23-22-15(2)25-20/h3-11,18H,12-13H2,1-2H3,(H,21,24). The Hall–Kier alpha value is -2.95. The quantitative estimate of drug-likeness (QED) is 0.748. The average molecular weight is 335 g/mol. The first kappa shape index (κ1) is 16.9. The summed E-state index contributed by atoms with van der Waals surface area (Å²) in [6.45, 7) is 4.29. The number of rotatable bonds is 6. The maximum atomic E-state index is 12.5. The molecule has 128 valence electrons. The highest BCUT2D eigenvalue weighted by Gasteiger charge is 2.23. The molecule has 1 amide bonds. The molecule has 0 saturated heterocycles. The maximum Gasteiger partial charge on any atom is 0.224 e. The summed E-state index contributed by atoms with van der Waals surface area (Å²) in [4.78, 5) is 12.5. The fourth-order valence-corrected chi connectivity index (χ4v) is 2.77. The summed E-state index contributed by atoms with van der Waals surface area (Å²) in [6, 6.07) is 17.9. The van der Waals surface area contributed by atoms with Crippen molar-refractivity contribution in [2.75, 3.05) is 0 Å². The second-order valence-corrected chi connectivity index (χ2v) is 6.09. The van der Waals surface area contributed by atoms with Crippen LogP contribution in [-0.4, -0.2) is 16.1 Å². The minimum Gasteiger partial charge on any atom is -0.425 e. The van der Waals surface area contributed by atoms with Crippen molar-refractivity contribution in [3.63, 3.8) is 0 Å². The molecule has 5 heteroatoms. The number of carbonyl (C=O) groups is 1. The van der Waals surface area contributed by atoms with Gasteiger partial charge in [-0.2, -0.15) is 0 Å². The molecule has 5 nitrogen and oxygen atoms in total. The molecule has 0 saturated carbocycles. The Morgan fingerprint density at radius 1 is 1.08 bits per heavy atom. The van der Waals surface area contributed by atoms with Gasteiger partial charge in [0.2, 0.25) is 17.7 Å². The Morgan fingerprint density at radius 2 is 1.88 bits per heavy atom. The number of nitrogens with one attached hydrogen (secondary N) is 1. The minimum absolute atomic E-state index is 0.0498. The molecule has 0 aliphatic rings. The normalized spacial score (nSPS) is 11.9. The zero-order valence-electron chi connectivity index (χ0n) is 14.4. The molecule has 25 heavy (non-hydrogen) atoms. The number of amides is 1. The summed E-state index contributed by atoms with van der Waals surface area (Å²) >= 11 is 0. The highest BCUT2D eigenvalue weighted by atomic mass is 16.4. The Balaban J connectivity index is 1.70. The Labute approximate surface area is 147 Å². The molecule has 1 atom stereocenters. The first-order chi connectivity index (χ1) is 12.1. The number of benzene rings is 2. The Kier molecular flexibility index (Phi) is 5.23. The van der Waals surface area contributed by atoms with E-state index in [1.807, 2.05) is 55.5 Å². The van der Waals surface area contributed by atoms with Crippen LogP contribution >= 0.6 is 0 Å².